The van der Waals surface area contributed by atoms with Crippen LogP contribution in [0.15, 0.2) is 116 Å². The van der Waals surface area contributed by atoms with Gasteiger partial charge in [0.15, 0.2) is 0 Å². The summed E-state index contributed by atoms with van der Waals surface area (Å²) in [6.45, 7) is 0. The van der Waals surface area contributed by atoms with Crippen molar-refractivity contribution in [3.63, 3.8) is 0 Å². The lowest BCUT2D eigenvalue weighted by Gasteiger charge is -2.25. The van der Waals surface area contributed by atoms with Gasteiger partial charge in [-0.2, -0.15) is 0 Å². The van der Waals surface area contributed by atoms with Gasteiger partial charge in [-0.1, -0.05) is 0 Å². The number of fused-ring (bicyclic) bond motifs is 3. The molecule has 0 aliphatic heterocycles. The number of imidazole rings is 1. The SMILES string of the molecule is CN(C)c1ccn2c(c1)nc1c(-n3ccc(=[N+](C)C)cc3)c(-n3ccc(=[N+](C)C)cc3)c(-n3ccc(=[N+](C)C)cc3)c(-n3ccc(=[N+](C)C)cc3)c12. The summed E-state index contributed by atoms with van der Waals surface area (Å²) in [7, 11) is 20.7. The van der Waals surface area contributed by atoms with E-state index in [1.807, 2.05) is 0 Å². The zero-order valence-corrected chi connectivity index (χ0v) is 31.9. The molecule has 1 aromatic carbocycles. The molecule has 0 N–H and O–H groups in total. The van der Waals surface area contributed by atoms with Crippen molar-refractivity contribution in [1.82, 2.24) is 46.0 Å². The quantitative estimate of drug-likeness (QED) is 0.259. The van der Waals surface area contributed by atoms with Crippen LogP contribution in [0, 0.1) is 0 Å². The first-order valence-electron chi connectivity index (χ1n) is 17.4. The van der Waals surface area contributed by atoms with Gasteiger partial charge in [-0.15, -0.1) is 0 Å². The van der Waals surface area contributed by atoms with Crippen molar-refractivity contribution in [2.75, 3.05) is 75.4 Å². The highest BCUT2D eigenvalue weighted by atomic mass is 15.2. The molecular formula is C41H49N11+4. The second kappa shape index (κ2) is 13.5. The Labute approximate surface area is 303 Å². The molecule has 0 saturated heterocycles. The molecule has 7 rings (SSSR count). The Hall–Kier alpha value is -6.23. The third-order valence-electron chi connectivity index (χ3n) is 9.59. The molecule has 0 fully saturated rings. The molecule has 0 amide bonds. The highest BCUT2D eigenvalue weighted by Gasteiger charge is 2.27. The van der Waals surface area contributed by atoms with Crippen molar-refractivity contribution >= 4 is 22.4 Å². The molecule has 11 nitrogen and oxygen atoms in total. The van der Waals surface area contributed by atoms with E-state index in [4.69, 9.17) is 4.98 Å². The van der Waals surface area contributed by atoms with Gasteiger partial charge in [-0.3, -0.25) is 4.40 Å². The van der Waals surface area contributed by atoms with Gasteiger partial charge in [0.05, 0.1) is 22.7 Å². The van der Waals surface area contributed by atoms with E-state index >= 15 is 0 Å². The first kappa shape index (κ1) is 34.2. The predicted octanol–water partition coefficient (Wildman–Crippen LogP) is 1.84. The molecule has 0 saturated carbocycles. The van der Waals surface area contributed by atoms with Crippen LogP contribution in [0.25, 0.3) is 39.4 Å². The van der Waals surface area contributed by atoms with Crippen molar-refractivity contribution in [2.45, 2.75) is 0 Å². The number of rotatable bonds is 5. The highest BCUT2D eigenvalue weighted by molar-refractivity contribution is 6.02. The molecule has 6 heterocycles. The Morgan fingerprint density at radius 3 is 1.15 bits per heavy atom. The van der Waals surface area contributed by atoms with Crippen molar-refractivity contribution in [2.24, 2.45) is 0 Å². The Bertz CT molecular complexity index is 2720. The van der Waals surface area contributed by atoms with Gasteiger partial charge in [0.25, 0.3) is 0 Å². The summed E-state index contributed by atoms with van der Waals surface area (Å²) in [5, 5.41) is 4.47. The van der Waals surface area contributed by atoms with Crippen LogP contribution in [0.3, 0.4) is 0 Å². The summed E-state index contributed by atoms with van der Waals surface area (Å²) in [5.41, 5.74) is 7.78. The van der Waals surface area contributed by atoms with E-state index in [1.54, 1.807) is 0 Å². The largest absolute Gasteiger partial charge is 0.378 e. The van der Waals surface area contributed by atoms with Crippen LogP contribution < -0.4 is 44.6 Å². The Kier molecular flexibility index (Phi) is 8.87. The molecule has 0 aliphatic rings. The maximum Gasteiger partial charge on any atom is 0.202 e. The van der Waals surface area contributed by atoms with Crippen molar-refractivity contribution in [3.8, 4) is 22.7 Å². The third-order valence-corrected chi connectivity index (χ3v) is 9.59. The lowest BCUT2D eigenvalue weighted by molar-refractivity contribution is 0.800. The van der Waals surface area contributed by atoms with Gasteiger partial charge in [-0.25, -0.2) is 23.3 Å². The van der Waals surface area contributed by atoms with Gasteiger partial charge in [0.2, 0.25) is 21.4 Å². The number of nitrogens with zero attached hydrogens (tertiary/aromatic N) is 11. The Morgan fingerprint density at radius 2 is 0.788 bits per heavy atom. The molecule has 0 bridgehead atoms. The first-order valence-corrected chi connectivity index (χ1v) is 17.4. The second-order valence-electron chi connectivity index (χ2n) is 14.1. The lowest BCUT2D eigenvalue weighted by Crippen LogP contribution is -2.24. The lowest BCUT2D eigenvalue weighted by atomic mass is 10.1. The van der Waals surface area contributed by atoms with Crippen LogP contribution in [-0.4, -0.2) is 98.1 Å². The second-order valence-corrected chi connectivity index (χ2v) is 14.1. The molecule has 0 aliphatic carbocycles. The summed E-state index contributed by atoms with van der Waals surface area (Å²) in [6, 6.07) is 21.6. The Balaban J connectivity index is 1.78. The van der Waals surface area contributed by atoms with Gasteiger partial charge < -0.3 is 23.2 Å². The minimum absolute atomic E-state index is 0.865. The average Bonchev–Trinajstić information content (AvgIpc) is 3.52. The zero-order chi connectivity index (χ0) is 36.8. The van der Waals surface area contributed by atoms with E-state index in [2.05, 4.69) is 233 Å². The van der Waals surface area contributed by atoms with E-state index in [1.165, 1.54) is 0 Å². The van der Waals surface area contributed by atoms with E-state index in [0.717, 1.165) is 66.5 Å². The molecule has 0 radical (unpaired) electrons. The molecule has 52 heavy (non-hydrogen) atoms. The molecule has 264 valence electrons. The number of aromatic nitrogens is 6. The van der Waals surface area contributed by atoms with Crippen molar-refractivity contribution < 1.29 is 0 Å². The van der Waals surface area contributed by atoms with Gasteiger partial charge in [0, 0.05) is 130 Å². The molecular weight excluding hydrogens is 647 g/mol. The van der Waals surface area contributed by atoms with Crippen LogP contribution in [-0.2, 0) is 0 Å². The summed E-state index contributed by atoms with van der Waals surface area (Å²) < 4.78 is 19.6. The molecule has 0 atom stereocenters. The molecule has 0 unspecified atom stereocenters. The maximum atomic E-state index is 5.47. The van der Waals surface area contributed by atoms with E-state index < -0.39 is 0 Å². The van der Waals surface area contributed by atoms with Crippen molar-refractivity contribution in [1.29, 1.82) is 0 Å². The minimum Gasteiger partial charge on any atom is -0.378 e. The predicted molar refractivity (Wildman–Crippen MR) is 213 cm³/mol. The summed E-state index contributed by atoms with van der Waals surface area (Å²) >= 11 is 0. The average molecular weight is 696 g/mol. The summed E-state index contributed by atoms with van der Waals surface area (Å²) in [5.74, 6) is 0. The van der Waals surface area contributed by atoms with E-state index in [-0.39, 0.29) is 0 Å². The first-order chi connectivity index (χ1) is 24.9. The number of pyridine rings is 5. The number of anilines is 1. The van der Waals surface area contributed by atoms with Crippen LogP contribution in [0.1, 0.15) is 0 Å². The Morgan fingerprint density at radius 1 is 0.442 bits per heavy atom. The normalized spacial score (nSPS) is 11.3. The maximum absolute atomic E-state index is 5.47. The fourth-order valence-electron chi connectivity index (χ4n) is 6.59. The van der Waals surface area contributed by atoms with Gasteiger partial charge in [-0.05, 0) is 6.07 Å². The number of hydrogen-bond donors (Lipinski definition) is 0. The smallest absolute Gasteiger partial charge is 0.202 e. The van der Waals surface area contributed by atoms with Gasteiger partial charge in [0.1, 0.15) is 73.1 Å². The van der Waals surface area contributed by atoms with Crippen LogP contribution in [0.2, 0.25) is 0 Å². The van der Waals surface area contributed by atoms with Gasteiger partial charge >= 0.3 is 0 Å². The fraction of sp³-hybridized carbons (Fsp3) is 0.244. The third kappa shape index (κ3) is 6.08. The monoisotopic (exact) mass is 695 g/mol. The van der Waals surface area contributed by atoms with Crippen LogP contribution in [0.4, 0.5) is 5.69 Å². The van der Waals surface area contributed by atoms with Crippen molar-refractivity contribution in [3.05, 3.63) is 138 Å². The molecule has 11 heteroatoms. The molecule has 0 spiro atoms. The number of hydrogen-bond acceptors (Lipinski definition) is 2. The molecule has 7 aromatic rings. The summed E-state index contributed by atoms with van der Waals surface area (Å²) in [4.78, 5) is 7.59. The van der Waals surface area contributed by atoms with E-state index in [0.29, 0.717) is 0 Å². The molecule has 6 aromatic heterocycles. The van der Waals surface area contributed by atoms with E-state index in [9.17, 15) is 0 Å². The minimum atomic E-state index is 0.865. The fourth-order valence-corrected chi connectivity index (χ4v) is 6.59. The topological polar surface area (TPSA) is 52.3 Å². The van der Waals surface area contributed by atoms with Crippen LogP contribution >= 0.6 is 0 Å². The van der Waals surface area contributed by atoms with Crippen LogP contribution in [0.5, 0.6) is 0 Å². The summed E-state index contributed by atoms with van der Waals surface area (Å²) in [6.07, 6.45) is 19.3. The standard InChI is InChI=1S/C41H49N11/c1-43(2)30-11-20-48(21-12-30)37-36-38(52-28-19-34(47(9)10)29-35(52)42-36)40(50-24-15-32(16-25-50)45(5)6)41(51-26-17-33(18-27-51)46(7)8)39(37)49-22-13-31(14-23-49)44(3)4/h11-29H,1-10H3/q+4. The number of benzene rings is 1. The highest BCUT2D eigenvalue weighted by Crippen LogP contribution is 2.40. The zero-order valence-electron chi connectivity index (χ0n) is 31.9.